The molecule has 1 saturated heterocycles. The van der Waals surface area contributed by atoms with Crippen LogP contribution in [0.4, 0.5) is 0 Å². The minimum Gasteiger partial charge on any atom is -0.357 e. The molecule has 30 heavy (non-hydrogen) atoms. The van der Waals surface area contributed by atoms with E-state index in [2.05, 4.69) is 53.6 Å². The zero-order valence-corrected chi connectivity index (χ0v) is 22.1. The molecule has 0 atom stereocenters. The number of nitrogens with one attached hydrogen (secondary N) is 2. The van der Waals surface area contributed by atoms with Crippen LogP contribution in [0.25, 0.3) is 0 Å². The van der Waals surface area contributed by atoms with Gasteiger partial charge in [0.1, 0.15) is 9.84 Å². The van der Waals surface area contributed by atoms with E-state index in [0.717, 1.165) is 19.0 Å². The summed E-state index contributed by atoms with van der Waals surface area (Å²) >= 11 is 0. The lowest BCUT2D eigenvalue weighted by Crippen LogP contribution is -2.42. The molecule has 1 fully saturated rings. The molecular formula is C22H39IN4O2S. The van der Waals surface area contributed by atoms with E-state index in [-0.39, 0.29) is 35.1 Å². The maximum atomic E-state index is 11.4. The molecule has 0 amide bonds. The van der Waals surface area contributed by atoms with E-state index in [1.165, 1.54) is 43.3 Å². The van der Waals surface area contributed by atoms with Crippen LogP contribution in [-0.4, -0.2) is 57.5 Å². The molecule has 0 aliphatic carbocycles. The van der Waals surface area contributed by atoms with Crippen molar-refractivity contribution in [2.45, 2.75) is 53.1 Å². The summed E-state index contributed by atoms with van der Waals surface area (Å²) in [7, 11) is -2.94. The molecule has 1 aromatic rings. The van der Waals surface area contributed by atoms with Gasteiger partial charge in [-0.3, -0.25) is 4.90 Å². The first-order chi connectivity index (χ1) is 13.7. The van der Waals surface area contributed by atoms with Crippen molar-refractivity contribution in [1.29, 1.82) is 0 Å². The average molecular weight is 551 g/mol. The summed E-state index contributed by atoms with van der Waals surface area (Å²) < 4.78 is 22.9. The number of halogens is 1. The van der Waals surface area contributed by atoms with Crippen molar-refractivity contribution in [3.05, 3.63) is 35.4 Å². The highest BCUT2D eigenvalue weighted by Crippen LogP contribution is 2.19. The lowest BCUT2D eigenvalue weighted by molar-refractivity contribution is 0.331. The van der Waals surface area contributed by atoms with Gasteiger partial charge >= 0.3 is 0 Å². The van der Waals surface area contributed by atoms with Gasteiger partial charge in [-0.25, -0.2) is 13.4 Å². The number of nitrogens with zero attached hydrogens (tertiary/aromatic N) is 2. The van der Waals surface area contributed by atoms with Gasteiger partial charge in [0, 0.05) is 25.9 Å². The molecule has 6 nitrogen and oxygen atoms in total. The number of guanidine groups is 1. The van der Waals surface area contributed by atoms with Crippen molar-refractivity contribution in [2.75, 3.05) is 38.2 Å². The number of hydrogen-bond acceptors (Lipinski definition) is 4. The van der Waals surface area contributed by atoms with Gasteiger partial charge in [0.15, 0.2) is 5.96 Å². The van der Waals surface area contributed by atoms with E-state index >= 15 is 0 Å². The van der Waals surface area contributed by atoms with E-state index in [9.17, 15) is 8.42 Å². The Morgan fingerprint density at radius 3 is 2.27 bits per heavy atom. The third kappa shape index (κ3) is 10.9. The van der Waals surface area contributed by atoms with Gasteiger partial charge in [-0.05, 0) is 55.8 Å². The van der Waals surface area contributed by atoms with E-state index in [1.54, 1.807) is 0 Å². The first kappa shape index (κ1) is 27.2. The van der Waals surface area contributed by atoms with Crippen LogP contribution in [0.5, 0.6) is 0 Å². The number of rotatable bonds is 10. The molecule has 0 radical (unpaired) electrons. The van der Waals surface area contributed by atoms with Gasteiger partial charge in [-0.2, -0.15) is 0 Å². The molecule has 2 rings (SSSR count). The van der Waals surface area contributed by atoms with Crippen molar-refractivity contribution >= 4 is 39.8 Å². The van der Waals surface area contributed by atoms with Gasteiger partial charge in [0.2, 0.25) is 0 Å². The lowest BCUT2D eigenvalue weighted by atomic mass is 9.90. The second-order valence-corrected chi connectivity index (χ2v) is 11.2. The zero-order chi connectivity index (χ0) is 21.3. The third-order valence-electron chi connectivity index (χ3n) is 5.28. The fourth-order valence-corrected chi connectivity index (χ4v) is 4.26. The Morgan fingerprint density at radius 2 is 1.70 bits per heavy atom. The number of likely N-dealkylation sites (tertiary alicyclic amines) is 1. The highest BCUT2D eigenvalue weighted by Gasteiger charge is 2.20. The highest BCUT2D eigenvalue weighted by atomic mass is 127. The molecule has 0 unspecified atom stereocenters. The zero-order valence-electron chi connectivity index (χ0n) is 18.9. The summed E-state index contributed by atoms with van der Waals surface area (Å²) in [4.78, 5) is 7.20. The molecule has 1 heterocycles. The van der Waals surface area contributed by atoms with Gasteiger partial charge in [-0.1, -0.05) is 38.1 Å². The Bertz CT molecular complexity index is 758. The molecule has 172 valence electrons. The maximum Gasteiger partial charge on any atom is 0.191 e. The van der Waals surface area contributed by atoms with Crippen LogP contribution in [0.2, 0.25) is 0 Å². The average Bonchev–Trinajstić information content (AvgIpc) is 3.16. The molecule has 0 bridgehead atoms. The Hall–Kier alpha value is -0.870. The SMILES string of the molecule is CCNC(=NCc1ccc(CN2CCCC2)cc1)NCC(C)(C)CCS(C)(=O)=O.I. The second kappa shape index (κ2) is 12.9. The van der Waals surface area contributed by atoms with Crippen LogP contribution in [-0.2, 0) is 22.9 Å². The second-order valence-electron chi connectivity index (χ2n) is 8.89. The summed E-state index contributed by atoms with van der Waals surface area (Å²) in [5.74, 6) is 0.972. The van der Waals surface area contributed by atoms with E-state index in [0.29, 0.717) is 19.5 Å². The lowest BCUT2D eigenvalue weighted by Gasteiger charge is -2.25. The van der Waals surface area contributed by atoms with Crippen LogP contribution in [0, 0.1) is 5.41 Å². The van der Waals surface area contributed by atoms with Crippen molar-refractivity contribution in [2.24, 2.45) is 10.4 Å². The summed E-state index contributed by atoms with van der Waals surface area (Å²) in [6, 6.07) is 8.73. The Balaban J connectivity index is 0.00000450. The Kier molecular flexibility index (Phi) is 11.6. The topological polar surface area (TPSA) is 73.8 Å². The number of benzene rings is 1. The van der Waals surface area contributed by atoms with Gasteiger partial charge < -0.3 is 10.6 Å². The Morgan fingerprint density at radius 1 is 1.10 bits per heavy atom. The summed E-state index contributed by atoms with van der Waals surface area (Å²) in [5.41, 5.74) is 2.41. The van der Waals surface area contributed by atoms with Gasteiger partial charge in [0.05, 0.1) is 12.3 Å². The predicted octanol–water partition coefficient (Wildman–Crippen LogP) is 3.42. The van der Waals surface area contributed by atoms with E-state index in [4.69, 9.17) is 4.99 Å². The predicted molar refractivity (Wildman–Crippen MR) is 137 cm³/mol. The van der Waals surface area contributed by atoms with E-state index in [1.807, 2.05) is 6.92 Å². The molecule has 1 aliphatic rings. The molecule has 1 aromatic carbocycles. The molecule has 8 heteroatoms. The first-order valence-corrected chi connectivity index (χ1v) is 12.7. The van der Waals surface area contributed by atoms with Crippen LogP contribution >= 0.6 is 24.0 Å². The van der Waals surface area contributed by atoms with Crippen LogP contribution in [0.15, 0.2) is 29.3 Å². The maximum absolute atomic E-state index is 11.4. The third-order valence-corrected chi connectivity index (χ3v) is 6.22. The van der Waals surface area contributed by atoms with Crippen molar-refractivity contribution in [3.8, 4) is 0 Å². The van der Waals surface area contributed by atoms with Crippen LogP contribution < -0.4 is 10.6 Å². The van der Waals surface area contributed by atoms with Crippen molar-refractivity contribution in [1.82, 2.24) is 15.5 Å². The highest BCUT2D eigenvalue weighted by molar-refractivity contribution is 14.0. The first-order valence-electron chi connectivity index (χ1n) is 10.7. The summed E-state index contributed by atoms with van der Waals surface area (Å²) in [5, 5.41) is 6.64. The van der Waals surface area contributed by atoms with Crippen LogP contribution in [0.1, 0.15) is 51.2 Å². The normalized spacial score (nSPS) is 15.7. The molecule has 1 aliphatic heterocycles. The smallest absolute Gasteiger partial charge is 0.191 e. The fourth-order valence-electron chi connectivity index (χ4n) is 3.33. The van der Waals surface area contributed by atoms with Crippen molar-refractivity contribution < 1.29 is 8.42 Å². The fraction of sp³-hybridized carbons (Fsp3) is 0.682. The molecule has 0 spiro atoms. The van der Waals surface area contributed by atoms with Gasteiger partial charge in [0.25, 0.3) is 0 Å². The molecule has 2 N–H and O–H groups in total. The number of sulfone groups is 1. The molecular weight excluding hydrogens is 511 g/mol. The van der Waals surface area contributed by atoms with Crippen molar-refractivity contribution in [3.63, 3.8) is 0 Å². The number of aliphatic imine (C=N–C) groups is 1. The largest absolute Gasteiger partial charge is 0.357 e. The molecule has 0 aromatic heterocycles. The minimum atomic E-state index is -2.94. The minimum absolute atomic E-state index is 0. The standard InChI is InChI=1S/C22H38N4O2S.HI/c1-5-23-21(25-18-22(2,3)12-15-29(4,27)28)24-16-19-8-10-20(11-9-19)17-26-13-6-7-14-26;/h8-11H,5-7,12-18H2,1-4H3,(H2,23,24,25);1H. The monoisotopic (exact) mass is 550 g/mol. The summed E-state index contributed by atoms with van der Waals surface area (Å²) in [6.45, 7) is 11.7. The quantitative estimate of drug-likeness (QED) is 0.266. The summed E-state index contributed by atoms with van der Waals surface area (Å²) in [6.07, 6.45) is 4.55. The van der Waals surface area contributed by atoms with E-state index < -0.39 is 9.84 Å². The van der Waals surface area contributed by atoms with Crippen LogP contribution in [0.3, 0.4) is 0 Å². The molecule has 0 saturated carbocycles. The number of hydrogen-bond donors (Lipinski definition) is 2. The van der Waals surface area contributed by atoms with Gasteiger partial charge in [-0.15, -0.1) is 24.0 Å². The Labute approximate surface area is 200 Å².